The van der Waals surface area contributed by atoms with Gasteiger partial charge in [-0.15, -0.1) is 0 Å². The van der Waals surface area contributed by atoms with E-state index in [1.807, 2.05) is 166 Å². The molecule has 0 aromatic carbocycles. The van der Waals surface area contributed by atoms with Crippen LogP contribution < -0.4 is 18.9 Å². The third-order valence-corrected chi connectivity index (χ3v) is 2.76. The Hall–Kier alpha value is -0.426. The topological polar surface area (TPSA) is 155 Å². The molecule has 0 heterocycles. The third kappa shape index (κ3) is 79.2. The molecule has 0 aromatic rings. The minimum atomic E-state index is -0.116. The Bertz CT molecular complexity index is 703. The molecule has 14 heteroatoms. The van der Waals surface area contributed by atoms with Crippen molar-refractivity contribution in [2.75, 3.05) is 0 Å². The molecule has 1 radical (unpaired) electrons. The Morgan fingerprint density at radius 2 is 0.370 bits per heavy atom. The van der Waals surface area contributed by atoms with E-state index in [0.717, 1.165) is 0 Å². The van der Waals surface area contributed by atoms with Crippen LogP contribution in [0.2, 0.25) is 0 Å². The molecule has 0 N–H and O–H groups in total. The molecule has 0 unspecified atom stereocenters. The maximum Gasteiger partial charge on any atom is 3.00 e. The summed E-state index contributed by atoms with van der Waals surface area (Å²) in [6.45, 7) is 47.9. The minimum absolute atomic E-state index is 0. The summed E-state index contributed by atoms with van der Waals surface area (Å²) in [6.07, 6.45) is 0. The van der Waals surface area contributed by atoms with Crippen LogP contribution in [0.4, 0.5) is 0 Å². The molecule has 0 atom stereocenters. The summed E-state index contributed by atoms with van der Waals surface area (Å²) in [6, 6.07) is 0. The second-order valence-corrected chi connectivity index (χ2v) is 18.5. The monoisotopic (exact) mass is 772 g/mol. The van der Waals surface area contributed by atoms with Crippen LogP contribution >= 0.6 is 0 Å². The van der Waals surface area contributed by atoms with E-state index in [4.69, 9.17) is 0 Å². The molecule has 0 aliphatic rings. The van der Waals surface area contributed by atoms with Gasteiger partial charge in [0.25, 0.3) is 0 Å². The fourth-order valence-electron chi connectivity index (χ4n) is 1.16. The number of hydrogen-bond acceptors (Lipinski definition) is 8. The Kier molecular flexibility index (Phi) is 30.0. The first-order valence-electron chi connectivity index (χ1n) is 15.4. The van der Waals surface area contributed by atoms with Gasteiger partial charge in [-0.25, -0.2) is 0 Å². The normalized spacial score (nSPS) is 13.4. The van der Waals surface area contributed by atoms with Crippen molar-refractivity contribution in [1.82, 2.24) is 0 Å². The SMILES string of the molecule is CC(C)(C)N=N[N-]C(C)(C)C.CC(C)(C)N=N[N-]C(C)(C)C.CC(C)(C)N=N[N-]C(C)(C)C.CC(C)(C)N=N[N-]C(C)(C)C.[Ce+3].[Li+]. The molecule has 0 bridgehead atoms. The van der Waals surface area contributed by atoms with Crippen LogP contribution in [0.25, 0.3) is 21.7 Å². The Labute approximate surface area is 331 Å². The van der Waals surface area contributed by atoms with Gasteiger partial charge >= 0.3 is 60.6 Å². The van der Waals surface area contributed by atoms with E-state index in [0.29, 0.717) is 0 Å². The standard InChI is InChI=1S/4C8H18N3.Ce.Li/c4*1-7(2,3)9-11-10-8(4,5)6;;/h4*1-6H3;;/q4*-1;+3;+1. The number of hydrogen-bond donors (Lipinski definition) is 0. The molecule has 0 amide bonds. The van der Waals surface area contributed by atoms with Crippen molar-refractivity contribution in [1.29, 1.82) is 0 Å². The third-order valence-electron chi connectivity index (χ3n) is 2.76. The quantitative estimate of drug-likeness (QED) is 0.152. The zero-order valence-electron chi connectivity index (χ0n) is 34.9. The van der Waals surface area contributed by atoms with Gasteiger partial charge in [0.2, 0.25) is 0 Å². The predicted octanol–water partition coefficient (Wildman–Crippen LogP) is 10.3. The summed E-state index contributed by atoms with van der Waals surface area (Å²) in [5.41, 5.74) is 15.1. The molecule has 0 fully saturated rings. The Morgan fingerprint density at radius 3 is 0.435 bits per heavy atom. The number of rotatable bonds is 4. The van der Waals surface area contributed by atoms with E-state index in [2.05, 4.69) is 63.1 Å². The van der Waals surface area contributed by atoms with Crippen LogP contribution in [0.5, 0.6) is 0 Å². The zero-order chi connectivity index (χ0) is 36.5. The van der Waals surface area contributed by atoms with E-state index >= 15 is 0 Å². The van der Waals surface area contributed by atoms with Gasteiger partial charge in [0.15, 0.2) is 0 Å². The van der Waals surface area contributed by atoms with E-state index in [9.17, 15) is 0 Å². The minimum Gasteiger partial charge on any atom is -0.376 e. The summed E-state index contributed by atoms with van der Waals surface area (Å²) in [4.78, 5) is 0. The first kappa shape index (κ1) is 57.8. The van der Waals surface area contributed by atoms with Gasteiger partial charge in [0.05, 0.1) is 0 Å². The average Bonchev–Trinajstić information content (AvgIpc) is 2.60. The molecule has 46 heavy (non-hydrogen) atoms. The van der Waals surface area contributed by atoms with Crippen LogP contribution in [0.3, 0.4) is 0 Å². The number of nitrogens with zero attached hydrogens (tertiary/aromatic N) is 12. The fraction of sp³-hybridized carbons (Fsp3) is 1.00. The second kappa shape index (κ2) is 23.8. The molecule has 0 aromatic heterocycles. The maximum absolute atomic E-state index is 4.00. The van der Waals surface area contributed by atoms with Crippen molar-refractivity contribution < 1.29 is 60.6 Å². The van der Waals surface area contributed by atoms with Crippen molar-refractivity contribution in [3.8, 4) is 0 Å². The van der Waals surface area contributed by atoms with Gasteiger partial charge in [0.1, 0.15) is 0 Å². The second-order valence-electron chi connectivity index (χ2n) is 18.5. The first-order chi connectivity index (χ1) is 18.8. The fourth-order valence-corrected chi connectivity index (χ4v) is 1.16. The molecule has 12 nitrogen and oxygen atoms in total. The molecule has 0 rings (SSSR count). The van der Waals surface area contributed by atoms with Gasteiger partial charge in [-0.05, 0) is 44.3 Å². The molecule has 0 spiro atoms. The van der Waals surface area contributed by atoms with E-state index in [1.54, 1.807) is 0 Å². The van der Waals surface area contributed by atoms with E-state index in [1.165, 1.54) is 0 Å². The zero-order valence-corrected chi connectivity index (χ0v) is 38.0. The van der Waals surface area contributed by atoms with Gasteiger partial charge in [0, 0.05) is 0 Å². The Morgan fingerprint density at radius 1 is 0.261 bits per heavy atom. The summed E-state index contributed by atoms with van der Waals surface area (Å²) in [7, 11) is 0. The molecule has 0 aliphatic carbocycles. The van der Waals surface area contributed by atoms with Gasteiger partial charge in [-0.2, -0.15) is 0 Å². The van der Waals surface area contributed by atoms with Crippen molar-refractivity contribution in [3.63, 3.8) is 0 Å². The van der Waals surface area contributed by atoms with Crippen molar-refractivity contribution in [2.45, 2.75) is 210 Å². The summed E-state index contributed by atoms with van der Waals surface area (Å²) in [5.74, 6) is 0. The summed E-state index contributed by atoms with van der Waals surface area (Å²) < 4.78 is 0. The van der Waals surface area contributed by atoms with Crippen molar-refractivity contribution in [2.24, 2.45) is 41.4 Å². The van der Waals surface area contributed by atoms with Gasteiger partial charge < -0.3 is 42.2 Å². The van der Waals surface area contributed by atoms with Crippen LogP contribution in [0, 0.1) is 41.7 Å². The average molecular weight is 772 g/mol. The van der Waals surface area contributed by atoms with Crippen molar-refractivity contribution >= 4 is 0 Å². The molecular weight excluding hydrogens is 699 g/mol. The van der Waals surface area contributed by atoms with E-state index in [-0.39, 0.29) is 105 Å². The van der Waals surface area contributed by atoms with Gasteiger partial charge in [-0.3, -0.25) is 20.9 Å². The molecule has 265 valence electrons. The molecule has 0 saturated carbocycles. The van der Waals surface area contributed by atoms with Crippen LogP contribution in [-0.4, -0.2) is 44.3 Å². The molecule has 0 saturated heterocycles. The summed E-state index contributed by atoms with van der Waals surface area (Å²) >= 11 is 0. The van der Waals surface area contributed by atoms with Gasteiger partial charge in [-0.1, -0.05) is 166 Å². The molecular formula is C32H72CeLiN12. The van der Waals surface area contributed by atoms with Crippen LogP contribution in [0.15, 0.2) is 41.4 Å². The van der Waals surface area contributed by atoms with Crippen LogP contribution in [-0.2, 0) is 0 Å². The maximum atomic E-state index is 4.00. The Balaban J connectivity index is -0.000000114. The first-order valence-corrected chi connectivity index (χ1v) is 15.4. The largest absolute Gasteiger partial charge is 3.00 e. The molecule has 0 aliphatic heterocycles. The van der Waals surface area contributed by atoms with Crippen LogP contribution in [0.1, 0.15) is 166 Å². The predicted molar refractivity (Wildman–Crippen MR) is 191 cm³/mol. The van der Waals surface area contributed by atoms with E-state index < -0.39 is 0 Å². The smallest absolute Gasteiger partial charge is 0.376 e. The summed E-state index contributed by atoms with van der Waals surface area (Å²) in [5, 5.41) is 31.1. The van der Waals surface area contributed by atoms with Crippen molar-refractivity contribution in [3.05, 3.63) is 21.7 Å².